The van der Waals surface area contributed by atoms with E-state index >= 15 is 0 Å². The molecule has 2 rings (SSSR count). The van der Waals surface area contributed by atoms with Crippen molar-refractivity contribution >= 4 is 5.97 Å². The fourth-order valence-electron chi connectivity index (χ4n) is 1.36. The smallest absolute Gasteiger partial charge is 0.341 e. The first-order valence-corrected chi connectivity index (χ1v) is 3.81. The van der Waals surface area contributed by atoms with Crippen LogP contribution in [0.15, 0.2) is 11.0 Å². The molecule has 1 aromatic heterocycles. The van der Waals surface area contributed by atoms with Gasteiger partial charge in [0.05, 0.1) is 12.2 Å². The van der Waals surface area contributed by atoms with Gasteiger partial charge in [-0.15, -0.1) is 0 Å². The summed E-state index contributed by atoms with van der Waals surface area (Å²) in [5.41, 5.74) is 0.185. The Hall–Kier alpha value is -1.78. The quantitative estimate of drug-likeness (QED) is 0.639. The van der Waals surface area contributed by atoms with Gasteiger partial charge in [-0.2, -0.15) is 0 Å². The Balaban J connectivity index is 2.69. The Labute approximate surface area is 73.0 Å². The molecule has 1 aliphatic heterocycles. The predicted molar refractivity (Wildman–Crippen MR) is 43.2 cm³/mol. The Morgan fingerprint density at radius 3 is 3.08 bits per heavy atom. The molecule has 0 unspecified atom stereocenters. The van der Waals surface area contributed by atoms with Crippen molar-refractivity contribution in [2.24, 2.45) is 0 Å². The van der Waals surface area contributed by atoms with Gasteiger partial charge in [-0.25, -0.2) is 4.79 Å². The molecule has 2 N–H and O–H groups in total. The number of H-pyrrole nitrogens is 1. The molecule has 0 saturated heterocycles. The molecule has 0 bridgehead atoms. The number of carbonyl (C=O) groups is 1. The predicted octanol–water partition coefficient (Wildman–Crippen LogP) is 0.00800. The average molecular weight is 181 g/mol. The van der Waals surface area contributed by atoms with E-state index in [9.17, 15) is 9.59 Å². The van der Waals surface area contributed by atoms with Crippen LogP contribution in [0.5, 0.6) is 5.75 Å². The number of aromatic amines is 1. The molecule has 0 atom stereocenters. The maximum atomic E-state index is 11.2. The van der Waals surface area contributed by atoms with E-state index in [1.807, 2.05) is 0 Å². The lowest BCUT2D eigenvalue weighted by molar-refractivity contribution is 0.0692. The second-order valence-electron chi connectivity index (χ2n) is 2.74. The normalized spacial score (nSPS) is 13.5. The summed E-state index contributed by atoms with van der Waals surface area (Å²) in [4.78, 5) is 24.2. The number of aromatic nitrogens is 1. The zero-order chi connectivity index (χ0) is 9.42. The molecule has 1 aromatic rings. The van der Waals surface area contributed by atoms with Gasteiger partial charge in [-0.1, -0.05) is 0 Å². The number of aromatic carboxylic acids is 1. The van der Waals surface area contributed by atoms with Gasteiger partial charge in [-0.05, 0) is 0 Å². The minimum Gasteiger partial charge on any atom is -0.492 e. The number of hydrogen-bond donors (Lipinski definition) is 2. The van der Waals surface area contributed by atoms with E-state index in [0.29, 0.717) is 18.6 Å². The summed E-state index contributed by atoms with van der Waals surface area (Å²) in [7, 11) is 0. The van der Waals surface area contributed by atoms with Crippen molar-refractivity contribution in [1.29, 1.82) is 0 Å². The first kappa shape index (κ1) is 7.85. The minimum absolute atomic E-state index is 0.0205. The molecule has 0 amide bonds. The highest BCUT2D eigenvalue weighted by Crippen LogP contribution is 2.25. The molecule has 1 aliphatic rings. The van der Waals surface area contributed by atoms with Crippen LogP contribution in [0.1, 0.15) is 15.9 Å². The number of pyridine rings is 1. The third-order valence-electron chi connectivity index (χ3n) is 1.97. The Morgan fingerprint density at radius 1 is 1.62 bits per heavy atom. The molecular formula is C8H7NO4. The Kier molecular flexibility index (Phi) is 1.58. The van der Waals surface area contributed by atoms with Crippen molar-refractivity contribution in [1.82, 2.24) is 4.98 Å². The maximum Gasteiger partial charge on any atom is 0.341 e. The second kappa shape index (κ2) is 2.62. The monoisotopic (exact) mass is 181 g/mol. The topological polar surface area (TPSA) is 79.4 Å². The number of carboxylic acids is 1. The van der Waals surface area contributed by atoms with Crippen molar-refractivity contribution in [2.45, 2.75) is 6.42 Å². The molecule has 2 heterocycles. The molecule has 0 spiro atoms. The van der Waals surface area contributed by atoms with Gasteiger partial charge in [0.15, 0.2) is 0 Å². The van der Waals surface area contributed by atoms with Crippen LogP contribution in [0.2, 0.25) is 0 Å². The van der Waals surface area contributed by atoms with Crippen LogP contribution in [0.25, 0.3) is 0 Å². The fourth-order valence-corrected chi connectivity index (χ4v) is 1.36. The largest absolute Gasteiger partial charge is 0.492 e. The van der Waals surface area contributed by atoms with Gasteiger partial charge in [-0.3, -0.25) is 4.79 Å². The summed E-state index contributed by atoms with van der Waals surface area (Å²) in [6.07, 6.45) is 1.64. The van der Waals surface area contributed by atoms with Gasteiger partial charge < -0.3 is 14.8 Å². The first-order valence-electron chi connectivity index (χ1n) is 3.81. The second-order valence-corrected chi connectivity index (χ2v) is 2.74. The van der Waals surface area contributed by atoms with E-state index in [1.165, 1.54) is 0 Å². The van der Waals surface area contributed by atoms with E-state index < -0.39 is 5.97 Å². The highest BCUT2D eigenvalue weighted by atomic mass is 16.5. The van der Waals surface area contributed by atoms with E-state index in [0.717, 1.165) is 6.20 Å². The van der Waals surface area contributed by atoms with Crippen LogP contribution in [0, 0.1) is 0 Å². The minimum atomic E-state index is -1.09. The van der Waals surface area contributed by atoms with E-state index in [2.05, 4.69) is 4.98 Å². The summed E-state index contributed by atoms with van der Waals surface area (Å²) >= 11 is 0. The molecular weight excluding hydrogens is 174 g/mol. The number of nitrogens with one attached hydrogen (secondary N) is 1. The molecule has 0 radical (unpaired) electrons. The summed E-state index contributed by atoms with van der Waals surface area (Å²) in [5, 5.41) is 8.74. The lowest BCUT2D eigenvalue weighted by Gasteiger charge is -2.01. The zero-order valence-electron chi connectivity index (χ0n) is 6.66. The molecule has 0 aromatic carbocycles. The summed E-state index contributed by atoms with van der Waals surface area (Å²) < 4.78 is 5.07. The average Bonchev–Trinajstić information content (AvgIpc) is 2.53. The van der Waals surface area contributed by atoms with Crippen LogP contribution < -0.4 is 10.3 Å². The first-order chi connectivity index (χ1) is 6.20. The van der Waals surface area contributed by atoms with E-state index in [-0.39, 0.29) is 16.9 Å². The van der Waals surface area contributed by atoms with Crippen molar-refractivity contribution < 1.29 is 14.6 Å². The maximum absolute atomic E-state index is 11.2. The highest BCUT2D eigenvalue weighted by molar-refractivity contribution is 5.91. The molecule has 0 fully saturated rings. The summed E-state index contributed by atoms with van der Waals surface area (Å²) in [6.45, 7) is 0.378. The summed E-state index contributed by atoms with van der Waals surface area (Å²) in [6, 6.07) is 0. The molecule has 0 saturated carbocycles. The summed E-state index contributed by atoms with van der Waals surface area (Å²) in [5.74, 6) is -0.870. The van der Waals surface area contributed by atoms with Crippen LogP contribution >= 0.6 is 0 Å². The lowest BCUT2D eigenvalue weighted by Crippen LogP contribution is -2.12. The van der Waals surface area contributed by atoms with Crippen LogP contribution in [0.3, 0.4) is 0 Å². The number of hydrogen-bond acceptors (Lipinski definition) is 3. The number of rotatable bonds is 1. The van der Waals surface area contributed by atoms with Crippen molar-refractivity contribution in [2.75, 3.05) is 6.61 Å². The molecule has 5 heteroatoms. The lowest BCUT2D eigenvalue weighted by atomic mass is 10.1. The third-order valence-corrected chi connectivity index (χ3v) is 1.97. The van der Waals surface area contributed by atoms with Crippen molar-refractivity contribution in [3.8, 4) is 5.75 Å². The van der Waals surface area contributed by atoms with Crippen molar-refractivity contribution in [3.05, 3.63) is 27.7 Å². The van der Waals surface area contributed by atoms with Gasteiger partial charge >= 0.3 is 5.97 Å². The third kappa shape index (κ3) is 1.09. The molecule has 5 nitrogen and oxygen atoms in total. The van der Waals surface area contributed by atoms with Crippen molar-refractivity contribution in [3.63, 3.8) is 0 Å². The highest BCUT2D eigenvalue weighted by Gasteiger charge is 2.22. The van der Waals surface area contributed by atoms with Crippen LogP contribution in [0.4, 0.5) is 0 Å². The standard InChI is InChI=1S/C8H7NO4/c10-7-4-1-2-13-6(4)5(3-9-7)8(11)12/h3H,1-2H2,(H,9,10)(H,11,12). The van der Waals surface area contributed by atoms with E-state index in [4.69, 9.17) is 9.84 Å². The number of ether oxygens (including phenoxy) is 1. The van der Waals surface area contributed by atoms with E-state index in [1.54, 1.807) is 0 Å². The molecule has 13 heavy (non-hydrogen) atoms. The Morgan fingerprint density at radius 2 is 2.38 bits per heavy atom. The zero-order valence-corrected chi connectivity index (χ0v) is 6.66. The van der Waals surface area contributed by atoms with Crippen LogP contribution in [-0.2, 0) is 6.42 Å². The van der Waals surface area contributed by atoms with Gasteiger partial charge in [0.1, 0.15) is 11.3 Å². The van der Waals surface area contributed by atoms with Crippen LogP contribution in [-0.4, -0.2) is 22.7 Å². The van der Waals surface area contributed by atoms with Gasteiger partial charge in [0.2, 0.25) is 0 Å². The SMILES string of the molecule is O=C(O)c1c[nH]c(=O)c2c1OCC2. The fraction of sp³-hybridized carbons (Fsp3) is 0.250. The van der Waals surface area contributed by atoms with Gasteiger partial charge in [0, 0.05) is 12.6 Å². The molecule has 68 valence electrons. The molecule has 0 aliphatic carbocycles. The number of carboxylic acid groups (broad SMARTS) is 1. The van der Waals surface area contributed by atoms with Gasteiger partial charge in [0.25, 0.3) is 5.56 Å². The Bertz CT molecular complexity index is 421. The number of fused-ring (bicyclic) bond motifs is 1.